The van der Waals surface area contributed by atoms with Crippen LogP contribution in [0.3, 0.4) is 0 Å². The van der Waals surface area contributed by atoms with Gasteiger partial charge in [0.15, 0.2) is 0 Å². The molecule has 0 fully saturated rings. The maximum Gasteiger partial charge on any atom is 0.364 e. The Labute approximate surface area is 172 Å². The van der Waals surface area contributed by atoms with E-state index in [0.717, 1.165) is 0 Å². The molecule has 1 aliphatic heterocycles. The Morgan fingerprint density at radius 2 is 1.57 bits per heavy atom. The molecule has 2 heterocycles. The number of hydrogen-bond donors (Lipinski definition) is 0. The van der Waals surface area contributed by atoms with Crippen LogP contribution >= 0.6 is 0 Å². The Morgan fingerprint density at radius 3 is 2.17 bits per heavy atom. The maximum absolute atomic E-state index is 12.5. The number of rotatable bonds is 5. The molecule has 4 rings (SSSR count). The van der Waals surface area contributed by atoms with Crippen molar-refractivity contribution in [3.8, 4) is 11.6 Å². The lowest BCUT2D eigenvalue weighted by molar-refractivity contribution is -0.0584. The predicted molar refractivity (Wildman–Crippen MR) is 107 cm³/mol. The molecule has 0 saturated carbocycles. The zero-order valence-electron chi connectivity index (χ0n) is 16.4. The van der Waals surface area contributed by atoms with Crippen LogP contribution in [0.2, 0.25) is 0 Å². The molecule has 0 atom stereocenters. The number of fused-ring (bicyclic) bond motifs is 1. The van der Waals surface area contributed by atoms with Gasteiger partial charge in [-0.15, -0.1) is 0 Å². The van der Waals surface area contributed by atoms with Crippen molar-refractivity contribution < 1.29 is 24.0 Å². The van der Waals surface area contributed by atoms with Gasteiger partial charge in [-0.1, -0.05) is 43.2 Å². The monoisotopic (exact) mass is 402 g/mol. The first-order chi connectivity index (χ1) is 14.4. The second kappa shape index (κ2) is 7.79. The highest BCUT2D eigenvalue weighted by Gasteiger charge is 2.38. The van der Waals surface area contributed by atoms with E-state index in [1.807, 2.05) is 24.3 Å². The van der Waals surface area contributed by atoms with E-state index in [1.165, 1.54) is 36.0 Å². The second-order valence-electron chi connectivity index (χ2n) is 7.04. The third kappa shape index (κ3) is 3.65. The highest BCUT2D eigenvalue weighted by Crippen LogP contribution is 2.25. The minimum absolute atomic E-state index is 0.0929. The van der Waals surface area contributed by atoms with Crippen LogP contribution in [-0.2, 0) is 4.84 Å². The van der Waals surface area contributed by atoms with E-state index >= 15 is 0 Å². The third-order valence-corrected chi connectivity index (χ3v) is 4.67. The molecule has 0 N–H and O–H groups in total. The van der Waals surface area contributed by atoms with Gasteiger partial charge in [-0.25, -0.2) is 9.78 Å². The summed E-state index contributed by atoms with van der Waals surface area (Å²) in [4.78, 5) is 46.4. The lowest BCUT2D eigenvalue weighted by Gasteiger charge is -2.13. The SMILES string of the molecule is CC(C)c1ccc(Oc2cc(C(=O)ON3C(=O)c4ccccc4C3=O)ccn2)cc1. The van der Waals surface area contributed by atoms with Crippen LogP contribution in [0.1, 0.15) is 56.4 Å². The fourth-order valence-electron chi connectivity index (χ4n) is 3.02. The van der Waals surface area contributed by atoms with Crippen LogP contribution in [0.25, 0.3) is 0 Å². The maximum atomic E-state index is 12.5. The molecule has 0 aliphatic carbocycles. The number of benzene rings is 2. The van der Waals surface area contributed by atoms with E-state index < -0.39 is 17.8 Å². The standard InChI is InChI=1S/C23H18N2O5/c1-14(2)15-7-9-17(10-8-15)29-20-13-16(11-12-24-20)23(28)30-25-21(26)18-5-3-4-6-19(18)22(25)27/h3-14H,1-2H3. The molecule has 0 saturated heterocycles. The number of hydroxylamine groups is 2. The van der Waals surface area contributed by atoms with Crippen molar-refractivity contribution in [2.75, 3.05) is 0 Å². The molecule has 150 valence electrons. The normalized spacial score (nSPS) is 12.8. The van der Waals surface area contributed by atoms with Crippen molar-refractivity contribution in [3.05, 3.63) is 89.1 Å². The Hall–Kier alpha value is -4.00. The summed E-state index contributed by atoms with van der Waals surface area (Å²) in [5.74, 6) is -1.08. The molecule has 0 spiro atoms. The predicted octanol–water partition coefficient (Wildman–Crippen LogP) is 4.37. The highest BCUT2D eigenvalue weighted by atomic mass is 16.7. The number of pyridine rings is 1. The molecule has 0 unspecified atom stereocenters. The fourth-order valence-corrected chi connectivity index (χ4v) is 3.02. The van der Waals surface area contributed by atoms with Gasteiger partial charge in [-0.2, -0.15) is 0 Å². The zero-order chi connectivity index (χ0) is 21.3. The summed E-state index contributed by atoms with van der Waals surface area (Å²) in [5, 5.41) is 0.471. The number of aromatic nitrogens is 1. The molecule has 30 heavy (non-hydrogen) atoms. The number of carbonyl (C=O) groups excluding carboxylic acids is 3. The van der Waals surface area contributed by atoms with Crippen LogP contribution in [0.15, 0.2) is 66.9 Å². The first-order valence-electron chi connectivity index (χ1n) is 9.38. The topological polar surface area (TPSA) is 85.8 Å². The highest BCUT2D eigenvalue weighted by molar-refractivity contribution is 6.21. The van der Waals surface area contributed by atoms with Crippen LogP contribution in [0.5, 0.6) is 11.6 Å². The van der Waals surface area contributed by atoms with Crippen molar-refractivity contribution in [1.82, 2.24) is 10.0 Å². The van der Waals surface area contributed by atoms with Gasteiger partial charge >= 0.3 is 5.97 Å². The summed E-state index contributed by atoms with van der Waals surface area (Å²) in [6.45, 7) is 4.20. The van der Waals surface area contributed by atoms with Crippen molar-refractivity contribution in [2.24, 2.45) is 0 Å². The van der Waals surface area contributed by atoms with Gasteiger partial charge in [-0.3, -0.25) is 9.59 Å². The van der Waals surface area contributed by atoms with Crippen molar-refractivity contribution in [3.63, 3.8) is 0 Å². The minimum Gasteiger partial charge on any atom is -0.439 e. The molecule has 3 aromatic rings. The van der Waals surface area contributed by atoms with Crippen LogP contribution in [0.4, 0.5) is 0 Å². The zero-order valence-corrected chi connectivity index (χ0v) is 16.4. The van der Waals surface area contributed by atoms with Crippen molar-refractivity contribution in [1.29, 1.82) is 0 Å². The number of carbonyl (C=O) groups is 3. The lowest BCUT2D eigenvalue weighted by atomic mass is 10.0. The van der Waals surface area contributed by atoms with Gasteiger partial charge < -0.3 is 9.57 Å². The van der Waals surface area contributed by atoms with Crippen LogP contribution in [-0.4, -0.2) is 27.8 Å². The number of amides is 2. The van der Waals surface area contributed by atoms with Gasteiger partial charge in [0, 0.05) is 12.3 Å². The van der Waals surface area contributed by atoms with Crippen molar-refractivity contribution in [2.45, 2.75) is 19.8 Å². The van der Waals surface area contributed by atoms with Gasteiger partial charge in [-0.05, 0) is 41.8 Å². The van der Waals surface area contributed by atoms with E-state index in [2.05, 4.69) is 18.8 Å². The van der Waals surface area contributed by atoms with E-state index in [0.29, 0.717) is 16.7 Å². The number of ether oxygens (including phenoxy) is 1. The molecular weight excluding hydrogens is 384 g/mol. The van der Waals surface area contributed by atoms with Gasteiger partial charge in [0.05, 0.1) is 16.7 Å². The van der Waals surface area contributed by atoms with E-state index in [1.54, 1.807) is 12.1 Å². The summed E-state index contributed by atoms with van der Waals surface area (Å²) in [7, 11) is 0. The van der Waals surface area contributed by atoms with Gasteiger partial charge in [0.25, 0.3) is 11.8 Å². The largest absolute Gasteiger partial charge is 0.439 e. The van der Waals surface area contributed by atoms with E-state index in [4.69, 9.17) is 9.57 Å². The molecule has 7 nitrogen and oxygen atoms in total. The van der Waals surface area contributed by atoms with Gasteiger partial charge in [0.2, 0.25) is 5.88 Å². The summed E-state index contributed by atoms with van der Waals surface area (Å²) in [6.07, 6.45) is 1.39. The molecule has 7 heteroatoms. The van der Waals surface area contributed by atoms with Crippen LogP contribution in [0, 0.1) is 0 Å². The van der Waals surface area contributed by atoms with Gasteiger partial charge in [0.1, 0.15) is 5.75 Å². The molecule has 1 aromatic heterocycles. The molecule has 0 radical (unpaired) electrons. The third-order valence-electron chi connectivity index (χ3n) is 4.67. The number of hydrogen-bond acceptors (Lipinski definition) is 6. The first kappa shape index (κ1) is 19.3. The molecule has 2 amide bonds. The Morgan fingerprint density at radius 1 is 0.933 bits per heavy atom. The second-order valence-corrected chi connectivity index (χ2v) is 7.04. The lowest BCUT2D eigenvalue weighted by Crippen LogP contribution is -2.32. The Balaban J connectivity index is 1.48. The molecule has 2 aromatic carbocycles. The summed E-state index contributed by atoms with van der Waals surface area (Å²) >= 11 is 0. The van der Waals surface area contributed by atoms with Crippen LogP contribution < -0.4 is 4.74 Å². The number of imide groups is 1. The number of nitrogens with zero attached hydrogens (tertiary/aromatic N) is 2. The van der Waals surface area contributed by atoms with E-state index in [-0.39, 0.29) is 22.6 Å². The molecule has 0 bridgehead atoms. The first-order valence-corrected chi connectivity index (χ1v) is 9.38. The quantitative estimate of drug-likeness (QED) is 0.589. The smallest absolute Gasteiger partial charge is 0.364 e. The summed E-state index contributed by atoms with van der Waals surface area (Å²) in [5.41, 5.74) is 1.65. The Kier molecular flexibility index (Phi) is 5.02. The summed E-state index contributed by atoms with van der Waals surface area (Å²) < 4.78 is 5.70. The van der Waals surface area contributed by atoms with E-state index in [9.17, 15) is 14.4 Å². The minimum atomic E-state index is -0.869. The summed E-state index contributed by atoms with van der Waals surface area (Å²) in [6, 6.07) is 16.6. The molecular formula is C23H18N2O5. The van der Waals surface area contributed by atoms with Crippen molar-refractivity contribution >= 4 is 17.8 Å². The Bertz CT molecular complexity index is 1100. The average Bonchev–Trinajstić information content (AvgIpc) is 2.99. The fraction of sp³-hybridized carbons (Fsp3) is 0.130. The average molecular weight is 402 g/mol. The molecule has 1 aliphatic rings.